The van der Waals surface area contributed by atoms with Crippen LogP contribution in [0.3, 0.4) is 0 Å². The van der Waals surface area contributed by atoms with Crippen LogP contribution in [0.5, 0.6) is 0 Å². The van der Waals surface area contributed by atoms with E-state index >= 15 is 0 Å². The van der Waals surface area contributed by atoms with Gasteiger partial charge in [0.1, 0.15) is 11.9 Å². The second-order valence-corrected chi connectivity index (χ2v) is 7.98. The number of piperazine rings is 1. The van der Waals surface area contributed by atoms with Crippen molar-refractivity contribution in [3.05, 3.63) is 39.6 Å². The Morgan fingerprint density at radius 2 is 2.33 bits per heavy atom. The number of imidazole rings is 1. The summed E-state index contributed by atoms with van der Waals surface area (Å²) in [6, 6.07) is 0.00399. The predicted octanol–water partition coefficient (Wildman–Crippen LogP) is 2.39. The lowest BCUT2D eigenvalue weighted by Crippen LogP contribution is -2.49. The molecule has 0 saturated carbocycles. The summed E-state index contributed by atoms with van der Waals surface area (Å²) in [5.74, 6) is 1.86. The van der Waals surface area contributed by atoms with Gasteiger partial charge in [0.25, 0.3) is 5.91 Å². The average molecular weight is 344 g/mol. The van der Waals surface area contributed by atoms with Crippen molar-refractivity contribution < 1.29 is 4.79 Å². The fourth-order valence-electron chi connectivity index (χ4n) is 3.89. The fourth-order valence-corrected chi connectivity index (χ4v) is 5.13. The van der Waals surface area contributed by atoms with Crippen LogP contribution in [0.25, 0.3) is 0 Å². The standard InChI is InChI=1S/C18H24N4OS/c1-12-3-4-13-14(11-24-16(13)9-12)18(23)22-8-5-19-10-15(22)17-20-6-7-21(17)2/h6-7,11-12,15,19H,3-5,8-10H2,1-2H3. The molecular formula is C18H24N4OS. The number of aromatic nitrogens is 2. The van der Waals surface area contributed by atoms with E-state index in [1.165, 1.54) is 16.9 Å². The normalized spacial score (nSPS) is 24.0. The van der Waals surface area contributed by atoms with Crippen LogP contribution < -0.4 is 5.32 Å². The summed E-state index contributed by atoms with van der Waals surface area (Å²) < 4.78 is 2.02. The van der Waals surface area contributed by atoms with Crippen molar-refractivity contribution in [3.63, 3.8) is 0 Å². The van der Waals surface area contributed by atoms with Gasteiger partial charge >= 0.3 is 0 Å². The summed E-state index contributed by atoms with van der Waals surface area (Å²) in [6.45, 7) is 4.64. The molecule has 4 rings (SSSR count). The molecule has 2 aromatic rings. The predicted molar refractivity (Wildman–Crippen MR) is 95.4 cm³/mol. The van der Waals surface area contributed by atoms with E-state index in [0.717, 1.165) is 49.8 Å². The highest BCUT2D eigenvalue weighted by molar-refractivity contribution is 7.10. The van der Waals surface area contributed by atoms with Crippen molar-refractivity contribution >= 4 is 17.2 Å². The Morgan fingerprint density at radius 1 is 1.46 bits per heavy atom. The Kier molecular flexibility index (Phi) is 4.18. The first-order valence-electron chi connectivity index (χ1n) is 8.73. The lowest BCUT2D eigenvalue weighted by atomic mass is 9.88. The zero-order valence-electron chi connectivity index (χ0n) is 14.3. The van der Waals surface area contributed by atoms with E-state index in [4.69, 9.17) is 0 Å². The third-order valence-electron chi connectivity index (χ3n) is 5.29. The molecule has 2 aliphatic rings. The Labute approximate surface area is 146 Å². The van der Waals surface area contributed by atoms with E-state index in [-0.39, 0.29) is 11.9 Å². The first kappa shape index (κ1) is 15.8. The monoisotopic (exact) mass is 344 g/mol. The first-order valence-corrected chi connectivity index (χ1v) is 9.61. The third-order valence-corrected chi connectivity index (χ3v) is 6.34. The summed E-state index contributed by atoms with van der Waals surface area (Å²) in [4.78, 5) is 21.2. The quantitative estimate of drug-likeness (QED) is 0.910. The minimum atomic E-state index is 0.00399. The van der Waals surface area contributed by atoms with E-state index in [2.05, 4.69) is 22.6 Å². The molecule has 2 atom stereocenters. The Hall–Kier alpha value is -1.66. The number of hydrogen-bond acceptors (Lipinski definition) is 4. The second-order valence-electron chi connectivity index (χ2n) is 7.01. The zero-order chi connectivity index (χ0) is 16.7. The number of amides is 1. The van der Waals surface area contributed by atoms with Crippen LogP contribution in [0, 0.1) is 5.92 Å². The Balaban J connectivity index is 1.64. The van der Waals surface area contributed by atoms with Crippen LogP contribution in [0.15, 0.2) is 17.8 Å². The summed E-state index contributed by atoms with van der Waals surface area (Å²) in [6.07, 6.45) is 7.10. The molecule has 0 aromatic carbocycles. The number of carbonyl (C=O) groups is 1. The molecule has 3 heterocycles. The van der Waals surface area contributed by atoms with Crippen LogP contribution in [-0.2, 0) is 19.9 Å². The molecule has 2 unspecified atom stereocenters. The average Bonchev–Trinajstić information content (AvgIpc) is 3.20. The van der Waals surface area contributed by atoms with Crippen LogP contribution in [0.1, 0.15) is 46.0 Å². The highest BCUT2D eigenvalue weighted by Gasteiger charge is 2.33. The maximum absolute atomic E-state index is 13.3. The summed E-state index contributed by atoms with van der Waals surface area (Å²) in [5.41, 5.74) is 2.24. The maximum Gasteiger partial charge on any atom is 0.255 e. The zero-order valence-corrected chi connectivity index (χ0v) is 15.1. The van der Waals surface area contributed by atoms with Crippen molar-refractivity contribution in [1.29, 1.82) is 0 Å². The van der Waals surface area contributed by atoms with Gasteiger partial charge in [-0.25, -0.2) is 4.98 Å². The number of aryl methyl sites for hydroxylation is 1. The SMILES string of the molecule is CC1CCc2c(C(=O)N3CCNCC3c3nccn3C)csc2C1. The molecule has 0 bridgehead atoms. The molecule has 24 heavy (non-hydrogen) atoms. The van der Waals surface area contributed by atoms with Crippen molar-refractivity contribution in [1.82, 2.24) is 19.8 Å². The summed E-state index contributed by atoms with van der Waals surface area (Å²) in [5, 5.41) is 5.49. The van der Waals surface area contributed by atoms with Gasteiger partial charge in [-0.3, -0.25) is 4.79 Å². The summed E-state index contributed by atoms with van der Waals surface area (Å²) in [7, 11) is 1.99. The van der Waals surface area contributed by atoms with Gasteiger partial charge in [-0.05, 0) is 30.7 Å². The molecule has 0 spiro atoms. The van der Waals surface area contributed by atoms with Crippen molar-refractivity contribution in [3.8, 4) is 0 Å². The van der Waals surface area contributed by atoms with Crippen molar-refractivity contribution in [2.45, 2.75) is 32.2 Å². The van der Waals surface area contributed by atoms with Crippen LogP contribution >= 0.6 is 11.3 Å². The van der Waals surface area contributed by atoms with E-state index in [1.54, 1.807) is 17.5 Å². The number of nitrogens with one attached hydrogen (secondary N) is 1. The van der Waals surface area contributed by atoms with Gasteiger partial charge in [0, 0.05) is 49.3 Å². The fraction of sp³-hybridized carbons (Fsp3) is 0.556. The summed E-state index contributed by atoms with van der Waals surface area (Å²) >= 11 is 1.77. The molecule has 1 aliphatic carbocycles. The number of fused-ring (bicyclic) bond motifs is 1. The highest BCUT2D eigenvalue weighted by Crippen LogP contribution is 2.34. The number of rotatable bonds is 2. The Morgan fingerprint density at radius 3 is 3.12 bits per heavy atom. The van der Waals surface area contributed by atoms with Gasteiger partial charge in [0.2, 0.25) is 0 Å². The number of carbonyl (C=O) groups excluding carboxylic acids is 1. The van der Waals surface area contributed by atoms with E-state index < -0.39 is 0 Å². The molecule has 1 aliphatic heterocycles. The molecular weight excluding hydrogens is 320 g/mol. The van der Waals surface area contributed by atoms with E-state index in [0.29, 0.717) is 0 Å². The maximum atomic E-state index is 13.3. The van der Waals surface area contributed by atoms with Crippen LogP contribution in [0.2, 0.25) is 0 Å². The first-order chi connectivity index (χ1) is 11.6. The van der Waals surface area contributed by atoms with Gasteiger partial charge in [-0.1, -0.05) is 6.92 Å². The smallest absolute Gasteiger partial charge is 0.255 e. The number of thiophene rings is 1. The molecule has 2 aromatic heterocycles. The van der Waals surface area contributed by atoms with E-state index in [1.807, 2.05) is 22.7 Å². The number of nitrogens with zero attached hydrogens (tertiary/aromatic N) is 3. The lowest BCUT2D eigenvalue weighted by molar-refractivity contribution is 0.0620. The second kappa shape index (κ2) is 6.33. The molecule has 0 radical (unpaired) electrons. The molecule has 1 N–H and O–H groups in total. The number of hydrogen-bond donors (Lipinski definition) is 1. The van der Waals surface area contributed by atoms with Crippen LogP contribution in [-0.4, -0.2) is 40.0 Å². The van der Waals surface area contributed by atoms with E-state index in [9.17, 15) is 4.79 Å². The van der Waals surface area contributed by atoms with Crippen molar-refractivity contribution in [2.24, 2.45) is 13.0 Å². The molecule has 1 fully saturated rings. The largest absolute Gasteiger partial charge is 0.336 e. The van der Waals surface area contributed by atoms with Gasteiger partial charge in [-0.2, -0.15) is 0 Å². The van der Waals surface area contributed by atoms with Gasteiger partial charge in [0.15, 0.2) is 0 Å². The van der Waals surface area contributed by atoms with Crippen LogP contribution in [0.4, 0.5) is 0 Å². The molecule has 5 nitrogen and oxygen atoms in total. The highest BCUT2D eigenvalue weighted by atomic mass is 32.1. The van der Waals surface area contributed by atoms with Gasteiger partial charge < -0.3 is 14.8 Å². The minimum Gasteiger partial charge on any atom is -0.336 e. The topological polar surface area (TPSA) is 50.2 Å². The lowest BCUT2D eigenvalue weighted by Gasteiger charge is -2.36. The van der Waals surface area contributed by atoms with Crippen molar-refractivity contribution in [2.75, 3.05) is 19.6 Å². The molecule has 1 amide bonds. The van der Waals surface area contributed by atoms with Gasteiger partial charge in [0.05, 0.1) is 5.56 Å². The molecule has 6 heteroatoms. The minimum absolute atomic E-state index is 0.00399. The van der Waals surface area contributed by atoms with Gasteiger partial charge in [-0.15, -0.1) is 11.3 Å². The molecule has 128 valence electrons. The third kappa shape index (κ3) is 2.67. The molecule has 1 saturated heterocycles. The Bertz CT molecular complexity index is 750.